The molecule has 246 valence electrons. The van der Waals surface area contributed by atoms with Crippen LogP contribution in [0.4, 0.5) is 34.1 Å². The number of hydrogen-bond donors (Lipinski definition) is 0. The number of hydrogen-bond acceptors (Lipinski definition) is 2. The Bertz CT molecular complexity index is 2700. The van der Waals surface area contributed by atoms with Gasteiger partial charge in [0.25, 0.3) is 6.71 Å². The molecule has 9 aromatic rings. The van der Waals surface area contributed by atoms with Gasteiger partial charge in [-0.3, -0.25) is 0 Å². The Balaban J connectivity index is 1.30. The lowest BCUT2D eigenvalue weighted by Crippen LogP contribution is -2.61. The zero-order valence-electron chi connectivity index (χ0n) is 29.0. The average Bonchev–Trinajstić information content (AvgIpc) is 3.23. The summed E-state index contributed by atoms with van der Waals surface area (Å²) in [4.78, 5) is 5.03. The van der Waals surface area contributed by atoms with Crippen LogP contribution < -0.4 is 26.2 Å². The van der Waals surface area contributed by atoms with Crippen molar-refractivity contribution >= 4 is 78.8 Å². The van der Waals surface area contributed by atoms with Gasteiger partial charge in [-0.15, -0.1) is 0 Å². The fourth-order valence-corrected chi connectivity index (χ4v) is 8.84. The van der Waals surface area contributed by atoms with Crippen LogP contribution in [0.1, 0.15) is 0 Å². The second-order valence-corrected chi connectivity index (χ2v) is 14.1. The van der Waals surface area contributed by atoms with Crippen molar-refractivity contribution in [3.63, 3.8) is 0 Å². The summed E-state index contributed by atoms with van der Waals surface area (Å²) in [6.07, 6.45) is 0. The lowest BCUT2D eigenvalue weighted by molar-refractivity contribution is 1.26. The number of para-hydroxylation sites is 2. The first-order valence-corrected chi connectivity index (χ1v) is 18.4. The number of rotatable bonds is 4. The lowest BCUT2D eigenvalue weighted by Gasteiger charge is -2.44. The number of nitrogens with zero attached hydrogens (tertiary/aromatic N) is 2. The molecule has 0 bridgehead atoms. The van der Waals surface area contributed by atoms with E-state index in [9.17, 15) is 0 Å². The van der Waals surface area contributed by atoms with Crippen LogP contribution in [-0.2, 0) is 0 Å². The summed E-state index contributed by atoms with van der Waals surface area (Å²) in [5.74, 6) is 0. The van der Waals surface area contributed by atoms with E-state index in [0.717, 1.165) is 11.4 Å². The van der Waals surface area contributed by atoms with Gasteiger partial charge in [0.1, 0.15) is 0 Å². The smallest absolute Gasteiger partial charge is 0.252 e. The van der Waals surface area contributed by atoms with Gasteiger partial charge in [-0.2, -0.15) is 0 Å². The van der Waals surface area contributed by atoms with Crippen molar-refractivity contribution < 1.29 is 0 Å². The van der Waals surface area contributed by atoms with E-state index in [1.54, 1.807) is 0 Å². The Morgan fingerprint density at radius 1 is 0.302 bits per heavy atom. The van der Waals surface area contributed by atoms with Crippen LogP contribution in [0.2, 0.25) is 0 Å². The normalized spacial score (nSPS) is 12.8. The summed E-state index contributed by atoms with van der Waals surface area (Å²) in [5.41, 5.74) is 15.9. The fourth-order valence-electron chi connectivity index (χ4n) is 8.84. The summed E-state index contributed by atoms with van der Waals surface area (Å²) in [7, 11) is 0. The maximum absolute atomic E-state index is 2.51. The largest absolute Gasteiger partial charge is 0.311 e. The first kappa shape index (κ1) is 29.9. The first-order valence-electron chi connectivity index (χ1n) is 18.4. The molecule has 2 aliphatic rings. The molecule has 0 aromatic heterocycles. The van der Waals surface area contributed by atoms with Gasteiger partial charge in [0.05, 0.1) is 0 Å². The van der Waals surface area contributed by atoms with Gasteiger partial charge < -0.3 is 9.80 Å². The Morgan fingerprint density at radius 2 is 0.679 bits per heavy atom. The van der Waals surface area contributed by atoms with Crippen LogP contribution in [-0.4, -0.2) is 6.71 Å². The van der Waals surface area contributed by atoms with Crippen LogP contribution in [0.25, 0.3) is 43.8 Å². The maximum Gasteiger partial charge on any atom is 0.252 e. The molecule has 0 N–H and O–H groups in total. The van der Waals surface area contributed by atoms with Crippen molar-refractivity contribution in [3.05, 3.63) is 200 Å². The predicted molar refractivity (Wildman–Crippen MR) is 226 cm³/mol. The molecule has 0 aliphatic carbocycles. The third-order valence-electron chi connectivity index (χ3n) is 11.2. The third-order valence-corrected chi connectivity index (χ3v) is 11.2. The number of fused-ring (bicyclic) bond motifs is 6. The van der Waals surface area contributed by atoms with Gasteiger partial charge in [-0.25, -0.2) is 0 Å². The maximum atomic E-state index is 2.51. The Hall–Kier alpha value is -6.84. The average molecular weight is 673 g/mol. The minimum atomic E-state index is 0.0255. The van der Waals surface area contributed by atoms with Gasteiger partial charge in [0, 0.05) is 34.1 Å². The van der Waals surface area contributed by atoms with Gasteiger partial charge in [0.15, 0.2) is 0 Å². The van der Waals surface area contributed by atoms with E-state index in [-0.39, 0.29) is 6.71 Å². The van der Waals surface area contributed by atoms with Crippen molar-refractivity contribution in [2.24, 2.45) is 0 Å². The molecule has 0 fully saturated rings. The van der Waals surface area contributed by atoms with Crippen molar-refractivity contribution in [2.45, 2.75) is 0 Å². The van der Waals surface area contributed by atoms with Crippen molar-refractivity contribution in [3.8, 4) is 22.3 Å². The van der Waals surface area contributed by atoms with Crippen LogP contribution in [0.5, 0.6) is 0 Å². The summed E-state index contributed by atoms with van der Waals surface area (Å²) >= 11 is 0. The molecule has 0 amide bonds. The van der Waals surface area contributed by atoms with Crippen molar-refractivity contribution in [2.75, 3.05) is 9.80 Å². The molecule has 9 aromatic carbocycles. The van der Waals surface area contributed by atoms with Crippen LogP contribution in [0.3, 0.4) is 0 Å². The van der Waals surface area contributed by atoms with E-state index in [1.807, 2.05) is 0 Å². The van der Waals surface area contributed by atoms with Gasteiger partial charge in [0.2, 0.25) is 0 Å². The molecule has 2 aliphatic heterocycles. The molecule has 0 saturated carbocycles. The second-order valence-electron chi connectivity index (χ2n) is 14.1. The zero-order chi connectivity index (χ0) is 34.9. The summed E-state index contributed by atoms with van der Waals surface area (Å²) in [6, 6.07) is 73.7. The van der Waals surface area contributed by atoms with E-state index < -0.39 is 0 Å². The van der Waals surface area contributed by atoms with E-state index >= 15 is 0 Å². The standard InChI is InChI=1S/C50H33BN2/c1-4-16-34(17-5-1)42-26-14-15-27-43(42)39-32-48-50-49(33-39)53(41-24-8-3-9-25-41)47-31-38-21-13-11-19-36(38)29-45(47)51(50)44-28-35-18-10-12-20-37(35)30-46(44)52(48)40-22-6-2-7-23-40/h1-33H. The van der Waals surface area contributed by atoms with Gasteiger partial charge in [-0.05, 0) is 109 Å². The van der Waals surface area contributed by atoms with E-state index in [2.05, 4.69) is 210 Å². The molecule has 0 radical (unpaired) electrons. The van der Waals surface area contributed by atoms with Gasteiger partial charge in [-0.1, -0.05) is 152 Å². The quantitative estimate of drug-likeness (QED) is 0.172. The fraction of sp³-hybridized carbons (Fsp3) is 0. The van der Waals surface area contributed by atoms with Crippen LogP contribution in [0, 0.1) is 0 Å². The molecule has 0 atom stereocenters. The summed E-state index contributed by atoms with van der Waals surface area (Å²) in [6.45, 7) is 0.0255. The highest BCUT2D eigenvalue weighted by molar-refractivity contribution is 7.00. The highest BCUT2D eigenvalue weighted by atomic mass is 15.2. The highest BCUT2D eigenvalue weighted by Gasteiger charge is 2.44. The molecule has 11 rings (SSSR count). The molecule has 3 heteroatoms. The van der Waals surface area contributed by atoms with E-state index in [0.29, 0.717) is 0 Å². The third kappa shape index (κ3) is 4.68. The highest BCUT2D eigenvalue weighted by Crippen LogP contribution is 2.47. The summed E-state index contributed by atoms with van der Waals surface area (Å²) < 4.78 is 0. The Labute approximate surface area is 309 Å². The van der Waals surface area contributed by atoms with Crippen LogP contribution >= 0.6 is 0 Å². The van der Waals surface area contributed by atoms with Crippen LogP contribution in [0.15, 0.2) is 200 Å². The topological polar surface area (TPSA) is 6.48 Å². The first-order chi connectivity index (χ1) is 26.3. The molecular formula is C50H33BN2. The van der Waals surface area contributed by atoms with E-state index in [4.69, 9.17) is 0 Å². The summed E-state index contributed by atoms with van der Waals surface area (Å²) in [5, 5.41) is 4.99. The molecule has 2 nitrogen and oxygen atoms in total. The molecule has 0 spiro atoms. The predicted octanol–water partition coefficient (Wildman–Crippen LogP) is 11.4. The SMILES string of the molecule is c1ccc(-c2ccccc2-c2cc3c4c(c2)N(c2ccccc2)c2cc5ccccc5cc2B4c2cc4ccccc4cc2N3c2ccccc2)cc1. The molecule has 0 unspecified atom stereocenters. The Morgan fingerprint density at radius 3 is 1.15 bits per heavy atom. The second kappa shape index (κ2) is 11.9. The lowest BCUT2D eigenvalue weighted by atomic mass is 9.33. The Kier molecular flexibility index (Phi) is 6.68. The van der Waals surface area contributed by atoms with Gasteiger partial charge >= 0.3 is 0 Å². The monoisotopic (exact) mass is 672 g/mol. The zero-order valence-corrected chi connectivity index (χ0v) is 29.0. The minimum Gasteiger partial charge on any atom is -0.311 e. The minimum absolute atomic E-state index is 0.0255. The number of benzene rings is 9. The van der Waals surface area contributed by atoms with E-state index in [1.165, 1.54) is 82.9 Å². The molecule has 2 heterocycles. The van der Waals surface area contributed by atoms with Crippen molar-refractivity contribution in [1.29, 1.82) is 0 Å². The van der Waals surface area contributed by atoms with Crippen molar-refractivity contribution in [1.82, 2.24) is 0 Å². The number of anilines is 6. The molecule has 0 saturated heterocycles. The molecular weight excluding hydrogens is 639 g/mol. The molecule has 53 heavy (non-hydrogen) atoms.